The summed E-state index contributed by atoms with van der Waals surface area (Å²) in [5.74, 6) is 0. The quantitative estimate of drug-likeness (QED) is 0.727. The maximum absolute atomic E-state index is 3.53. The molecule has 0 radical (unpaired) electrons. The lowest BCUT2D eigenvalue weighted by Gasteiger charge is -2.10. The van der Waals surface area contributed by atoms with Crippen LogP contribution in [-0.4, -0.2) is 11.5 Å². The molecule has 2 N–H and O–H groups in total. The fourth-order valence-corrected chi connectivity index (χ4v) is 2.48. The standard InChI is InChI=1S/C13H16N2/c1-9-7-11-8-10(4-5-13(11)15-9)12-3-2-6-14-12/h4-5,7-8,12,14-15H,2-3,6H2,1H3. The van der Waals surface area contributed by atoms with Crippen LogP contribution in [0.15, 0.2) is 24.3 Å². The van der Waals surface area contributed by atoms with Gasteiger partial charge < -0.3 is 10.3 Å². The minimum atomic E-state index is 0.574. The Morgan fingerprint density at radius 2 is 2.20 bits per heavy atom. The van der Waals surface area contributed by atoms with E-state index in [0.717, 1.165) is 6.54 Å². The second-order valence-corrected chi connectivity index (χ2v) is 4.45. The highest BCUT2D eigenvalue weighted by molar-refractivity contribution is 5.81. The second-order valence-electron chi connectivity index (χ2n) is 4.45. The minimum absolute atomic E-state index is 0.574. The third-order valence-electron chi connectivity index (χ3n) is 3.24. The van der Waals surface area contributed by atoms with Gasteiger partial charge in [0.2, 0.25) is 0 Å². The van der Waals surface area contributed by atoms with Gasteiger partial charge in [-0.1, -0.05) is 6.07 Å². The fourth-order valence-electron chi connectivity index (χ4n) is 2.48. The molecule has 2 nitrogen and oxygen atoms in total. The van der Waals surface area contributed by atoms with Crippen molar-refractivity contribution in [1.29, 1.82) is 0 Å². The molecule has 1 aromatic heterocycles. The molecule has 78 valence electrons. The first-order valence-electron chi connectivity index (χ1n) is 5.65. The first kappa shape index (κ1) is 8.98. The topological polar surface area (TPSA) is 27.8 Å². The van der Waals surface area contributed by atoms with Gasteiger partial charge in [0, 0.05) is 17.3 Å². The Morgan fingerprint density at radius 3 is 3.00 bits per heavy atom. The predicted octanol–water partition coefficient (Wildman–Crippen LogP) is 2.90. The van der Waals surface area contributed by atoms with Gasteiger partial charge in [-0.05, 0) is 55.5 Å². The van der Waals surface area contributed by atoms with Gasteiger partial charge >= 0.3 is 0 Å². The lowest BCUT2D eigenvalue weighted by atomic mass is 10.0. The number of nitrogens with one attached hydrogen (secondary N) is 2. The van der Waals surface area contributed by atoms with Gasteiger partial charge in [-0.2, -0.15) is 0 Å². The summed E-state index contributed by atoms with van der Waals surface area (Å²) in [6, 6.07) is 9.53. The summed E-state index contributed by atoms with van der Waals surface area (Å²) in [6.07, 6.45) is 2.57. The third kappa shape index (κ3) is 1.55. The van der Waals surface area contributed by atoms with Crippen molar-refractivity contribution < 1.29 is 0 Å². The Bertz CT molecular complexity index is 478. The second kappa shape index (κ2) is 3.38. The van der Waals surface area contributed by atoms with E-state index in [-0.39, 0.29) is 0 Å². The molecule has 1 saturated heterocycles. The largest absolute Gasteiger partial charge is 0.359 e. The van der Waals surface area contributed by atoms with Crippen molar-refractivity contribution in [1.82, 2.24) is 10.3 Å². The highest BCUT2D eigenvalue weighted by Gasteiger charge is 2.16. The van der Waals surface area contributed by atoms with Gasteiger partial charge in [0.25, 0.3) is 0 Å². The van der Waals surface area contributed by atoms with Crippen LogP contribution >= 0.6 is 0 Å². The summed E-state index contributed by atoms with van der Waals surface area (Å²) >= 11 is 0. The summed E-state index contributed by atoms with van der Waals surface area (Å²) in [7, 11) is 0. The zero-order valence-electron chi connectivity index (χ0n) is 9.01. The molecule has 2 heterocycles. The normalized spacial score (nSPS) is 21.3. The van der Waals surface area contributed by atoms with E-state index >= 15 is 0 Å². The van der Waals surface area contributed by atoms with Crippen molar-refractivity contribution >= 4 is 10.9 Å². The van der Waals surface area contributed by atoms with Gasteiger partial charge in [0.15, 0.2) is 0 Å². The molecular formula is C13H16N2. The average Bonchev–Trinajstić information content (AvgIpc) is 2.82. The number of fused-ring (bicyclic) bond motifs is 1. The third-order valence-corrected chi connectivity index (χ3v) is 3.24. The zero-order chi connectivity index (χ0) is 10.3. The maximum Gasteiger partial charge on any atom is 0.0456 e. The molecule has 1 atom stereocenters. The Morgan fingerprint density at radius 1 is 1.27 bits per heavy atom. The highest BCUT2D eigenvalue weighted by atomic mass is 14.9. The van der Waals surface area contributed by atoms with Crippen LogP contribution in [0.1, 0.15) is 30.1 Å². The van der Waals surface area contributed by atoms with Crippen molar-refractivity contribution in [2.24, 2.45) is 0 Å². The number of hydrogen-bond donors (Lipinski definition) is 2. The number of aromatic amines is 1. The SMILES string of the molecule is Cc1cc2cc(C3CCCN3)ccc2[nH]1. The summed E-state index contributed by atoms with van der Waals surface area (Å²) in [5.41, 5.74) is 3.91. The van der Waals surface area contributed by atoms with Crippen LogP contribution in [0.25, 0.3) is 10.9 Å². The first-order chi connectivity index (χ1) is 7.33. The van der Waals surface area contributed by atoms with Crippen LogP contribution in [-0.2, 0) is 0 Å². The number of H-pyrrole nitrogens is 1. The van der Waals surface area contributed by atoms with E-state index < -0.39 is 0 Å². The summed E-state index contributed by atoms with van der Waals surface area (Å²) < 4.78 is 0. The van der Waals surface area contributed by atoms with Crippen LogP contribution < -0.4 is 5.32 Å². The van der Waals surface area contributed by atoms with Gasteiger partial charge in [0.05, 0.1) is 0 Å². The monoisotopic (exact) mass is 200 g/mol. The molecule has 1 aliphatic heterocycles. The van der Waals surface area contributed by atoms with E-state index in [4.69, 9.17) is 0 Å². The van der Waals surface area contributed by atoms with Crippen LogP contribution in [0.5, 0.6) is 0 Å². The molecule has 0 spiro atoms. The molecule has 1 unspecified atom stereocenters. The minimum Gasteiger partial charge on any atom is -0.359 e. The molecule has 1 aliphatic rings. The number of hydrogen-bond acceptors (Lipinski definition) is 1. The Labute approximate surface area is 89.7 Å². The van der Waals surface area contributed by atoms with Crippen LogP contribution in [0.2, 0.25) is 0 Å². The zero-order valence-corrected chi connectivity index (χ0v) is 9.01. The van der Waals surface area contributed by atoms with Crippen LogP contribution in [0.3, 0.4) is 0 Å². The van der Waals surface area contributed by atoms with E-state index in [9.17, 15) is 0 Å². The van der Waals surface area contributed by atoms with E-state index in [0.29, 0.717) is 6.04 Å². The highest BCUT2D eigenvalue weighted by Crippen LogP contribution is 2.26. The molecule has 2 aromatic rings. The van der Waals surface area contributed by atoms with Crippen molar-refractivity contribution in [2.45, 2.75) is 25.8 Å². The smallest absolute Gasteiger partial charge is 0.0456 e. The molecule has 0 saturated carbocycles. The molecule has 1 aromatic carbocycles. The van der Waals surface area contributed by atoms with E-state index in [1.807, 2.05) is 0 Å². The number of rotatable bonds is 1. The van der Waals surface area contributed by atoms with Crippen molar-refractivity contribution in [3.63, 3.8) is 0 Å². The van der Waals surface area contributed by atoms with Crippen molar-refractivity contribution in [3.05, 3.63) is 35.5 Å². The molecule has 2 heteroatoms. The summed E-state index contributed by atoms with van der Waals surface area (Å²) in [5, 5.41) is 4.87. The van der Waals surface area contributed by atoms with Crippen LogP contribution in [0.4, 0.5) is 0 Å². The van der Waals surface area contributed by atoms with E-state index in [2.05, 4.69) is 41.5 Å². The molecule has 1 fully saturated rings. The Hall–Kier alpha value is -1.28. The Balaban J connectivity index is 2.04. The lowest BCUT2D eigenvalue weighted by molar-refractivity contribution is 0.648. The number of aryl methyl sites for hydroxylation is 1. The van der Waals surface area contributed by atoms with E-state index in [1.54, 1.807) is 0 Å². The number of benzene rings is 1. The molecular weight excluding hydrogens is 184 g/mol. The average molecular weight is 200 g/mol. The predicted molar refractivity (Wildman–Crippen MR) is 63.0 cm³/mol. The number of aromatic nitrogens is 1. The molecule has 0 bridgehead atoms. The molecule has 15 heavy (non-hydrogen) atoms. The molecule has 0 amide bonds. The van der Waals surface area contributed by atoms with Gasteiger partial charge in [-0.25, -0.2) is 0 Å². The van der Waals surface area contributed by atoms with Gasteiger partial charge in [0.1, 0.15) is 0 Å². The first-order valence-corrected chi connectivity index (χ1v) is 5.65. The Kier molecular flexibility index (Phi) is 2.03. The summed E-state index contributed by atoms with van der Waals surface area (Å²) in [6.45, 7) is 3.27. The van der Waals surface area contributed by atoms with E-state index in [1.165, 1.54) is 35.0 Å². The maximum atomic E-state index is 3.53. The van der Waals surface area contributed by atoms with Gasteiger partial charge in [-0.3, -0.25) is 0 Å². The summed E-state index contributed by atoms with van der Waals surface area (Å²) in [4.78, 5) is 3.36. The molecule has 3 rings (SSSR count). The van der Waals surface area contributed by atoms with Crippen LogP contribution in [0, 0.1) is 6.92 Å². The fraction of sp³-hybridized carbons (Fsp3) is 0.385. The van der Waals surface area contributed by atoms with Gasteiger partial charge in [-0.15, -0.1) is 0 Å². The lowest BCUT2D eigenvalue weighted by Crippen LogP contribution is -2.12. The molecule has 0 aliphatic carbocycles. The van der Waals surface area contributed by atoms with Crippen molar-refractivity contribution in [3.8, 4) is 0 Å². The van der Waals surface area contributed by atoms with Crippen molar-refractivity contribution in [2.75, 3.05) is 6.54 Å².